The molecule has 0 atom stereocenters. The molecule has 1 N–H and O–H groups in total. The highest BCUT2D eigenvalue weighted by molar-refractivity contribution is 5.67. The van der Waals surface area contributed by atoms with E-state index in [2.05, 4.69) is 10.5 Å². The minimum Gasteiger partial charge on any atom is -0.444 e. The van der Waals surface area contributed by atoms with Crippen LogP contribution >= 0.6 is 0 Å². The number of rotatable bonds is 2. The van der Waals surface area contributed by atoms with Crippen LogP contribution in [-0.4, -0.2) is 16.9 Å². The van der Waals surface area contributed by atoms with Gasteiger partial charge in [-0.3, -0.25) is 0 Å². The maximum atomic E-state index is 11.3. The molecule has 1 rings (SSSR count). The Bertz CT molecular complexity index is 339. The van der Waals surface area contributed by atoms with E-state index in [4.69, 9.17) is 9.26 Å². The molecule has 5 heteroatoms. The molecule has 0 radical (unpaired) electrons. The molecular weight excluding hydrogens is 196 g/mol. The normalized spacial score (nSPS) is 11.2. The maximum absolute atomic E-state index is 11.3. The lowest BCUT2D eigenvalue weighted by Gasteiger charge is -2.19. The minimum absolute atomic E-state index is 0.365. The van der Waals surface area contributed by atoms with Gasteiger partial charge in [-0.2, -0.15) is 0 Å². The van der Waals surface area contributed by atoms with Crippen LogP contribution in [0, 0.1) is 6.92 Å². The molecule has 5 nitrogen and oxygen atoms in total. The van der Waals surface area contributed by atoms with Gasteiger partial charge in [0.2, 0.25) is 0 Å². The largest absolute Gasteiger partial charge is 0.444 e. The molecule has 0 saturated carbocycles. The Labute approximate surface area is 88.8 Å². The van der Waals surface area contributed by atoms with Crippen molar-refractivity contribution in [2.24, 2.45) is 0 Å². The van der Waals surface area contributed by atoms with Gasteiger partial charge in [0.1, 0.15) is 11.4 Å². The van der Waals surface area contributed by atoms with Crippen LogP contribution in [0.1, 0.15) is 32.1 Å². The molecule has 1 amide bonds. The number of aryl methyl sites for hydroxylation is 1. The van der Waals surface area contributed by atoms with Gasteiger partial charge in [0.15, 0.2) is 0 Å². The Balaban J connectivity index is 2.38. The van der Waals surface area contributed by atoms with Crippen LogP contribution in [0.2, 0.25) is 0 Å². The summed E-state index contributed by atoms with van der Waals surface area (Å²) >= 11 is 0. The van der Waals surface area contributed by atoms with Gasteiger partial charge in [-0.1, -0.05) is 5.16 Å². The van der Waals surface area contributed by atoms with E-state index < -0.39 is 11.7 Å². The number of nitrogens with one attached hydrogen (secondary N) is 1. The molecule has 0 aliphatic carbocycles. The zero-order valence-electron chi connectivity index (χ0n) is 9.46. The first-order chi connectivity index (χ1) is 6.88. The second-order valence-corrected chi connectivity index (χ2v) is 4.26. The van der Waals surface area contributed by atoms with Crippen LogP contribution in [0.4, 0.5) is 4.79 Å². The fourth-order valence-electron chi connectivity index (χ4n) is 0.970. The molecule has 0 spiro atoms. The third kappa shape index (κ3) is 4.01. The molecular formula is C10H16N2O3. The number of ether oxygens (including phenoxy) is 1. The van der Waals surface area contributed by atoms with E-state index in [9.17, 15) is 4.79 Å². The molecule has 0 saturated heterocycles. The van der Waals surface area contributed by atoms with Crippen molar-refractivity contribution in [3.8, 4) is 0 Å². The molecule has 0 fully saturated rings. The molecule has 0 aromatic carbocycles. The molecule has 84 valence electrons. The maximum Gasteiger partial charge on any atom is 0.407 e. The molecule has 0 unspecified atom stereocenters. The molecule has 1 heterocycles. The topological polar surface area (TPSA) is 64.4 Å². The van der Waals surface area contributed by atoms with E-state index >= 15 is 0 Å². The zero-order chi connectivity index (χ0) is 11.5. The quantitative estimate of drug-likeness (QED) is 0.814. The Kier molecular flexibility index (Phi) is 3.34. The predicted molar refractivity (Wildman–Crippen MR) is 54.3 cm³/mol. The van der Waals surface area contributed by atoms with Crippen LogP contribution in [0.5, 0.6) is 0 Å². The van der Waals surface area contributed by atoms with Crippen molar-refractivity contribution in [2.45, 2.75) is 39.8 Å². The average Bonchev–Trinajstić information content (AvgIpc) is 2.44. The summed E-state index contributed by atoms with van der Waals surface area (Å²) in [7, 11) is 0. The SMILES string of the molecule is Cc1oncc1CNC(=O)OC(C)(C)C. The fraction of sp³-hybridized carbons (Fsp3) is 0.600. The highest BCUT2D eigenvalue weighted by atomic mass is 16.6. The van der Waals surface area contributed by atoms with Crippen LogP contribution < -0.4 is 5.32 Å². The second kappa shape index (κ2) is 4.33. The van der Waals surface area contributed by atoms with Gasteiger partial charge in [-0.05, 0) is 27.7 Å². The van der Waals surface area contributed by atoms with Crippen molar-refractivity contribution in [2.75, 3.05) is 0 Å². The highest BCUT2D eigenvalue weighted by Crippen LogP contribution is 2.08. The van der Waals surface area contributed by atoms with Crippen molar-refractivity contribution < 1.29 is 14.1 Å². The summed E-state index contributed by atoms with van der Waals surface area (Å²) < 4.78 is 9.93. The van der Waals surface area contributed by atoms with Crippen molar-refractivity contribution in [1.29, 1.82) is 0 Å². The van der Waals surface area contributed by atoms with Gasteiger partial charge >= 0.3 is 6.09 Å². The Hall–Kier alpha value is -1.52. The Morgan fingerprint density at radius 3 is 2.73 bits per heavy atom. The van der Waals surface area contributed by atoms with Crippen molar-refractivity contribution in [1.82, 2.24) is 10.5 Å². The Morgan fingerprint density at radius 2 is 2.27 bits per heavy atom. The first-order valence-corrected chi connectivity index (χ1v) is 4.75. The first-order valence-electron chi connectivity index (χ1n) is 4.75. The average molecular weight is 212 g/mol. The summed E-state index contributed by atoms with van der Waals surface area (Å²) in [5.41, 5.74) is 0.370. The van der Waals surface area contributed by atoms with Crippen LogP contribution in [0.3, 0.4) is 0 Å². The number of hydrogen-bond acceptors (Lipinski definition) is 4. The van der Waals surface area contributed by atoms with Gasteiger partial charge in [-0.15, -0.1) is 0 Å². The predicted octanol–water partition coefficient (Wildman–Crippen LogP) is 2.01. The van der Waals surface area contributed by atoms with Crippen molar-refractivity contribution >= 4 is 6.09 Å². The summed E-state index contributed by atoms with van der Waals surface area (Å²) in [5, 5.41) is 6.23. The lowest BCUT2D eigenvalue weighted by Crippen LogP contribution is -2.32. The van der Waals surface area contributed by atoms with E-state index in [1.54, 1.807) is 13.1 Å². The van der Waals surface area contributed by atoms with E-state index in [0.717, 1.165) is 5.56 Å². The number of carbonyl (C=O) groups excluding carboxylic acids is 1. The molecule has 0 aliphatic rings. The fourth-order valence-corrected chi connectivity index (χ4v) is 0.970. The summed E-state index contributed by atoms with van der Waals surface area (Å²) in [5.74, 6) is 0.700. The van der Waals surface area contributed by atoms with Crippen LogP contribution in [-0.2, 0) is 11.3 Å². The lowest BCUT2D eigenvalue weighted by molar-refractivity contribution is 0.0523. The lowest BCUT2D eigenvalue weighted by atomic mass is 10.2. The van der Waals surface area contributed by atoms with Gasteiger partial charge < -0.3 is 14.6 Å². The summed E-state index contributed by atoms with van der Waals surface area (Å²) in [6.45, 7) is 7.61. The zero-order valence-corrected chi connectivity index (χ0v) is 9.46. The van der Waals surface area contributed by atoms with Gasteiger partial charge in [-0.25, -0.2) is 4.79 Å². The van der Waals surface area contributed by atoms with Gasteiger partial charge in [0, 0.05) is 5.56 Å². The summed E-state index contributed by atoms with van der Waals surface area (Å²) in [6.07, 6.45) is 1.13. The van der Waals surface area contributed by atoms with Gasteiger partial charge in [0.05, 0.1) is 12.7 Å². The summed E-state index contributed by atoms with van der Waals surface area (Å²) in [6, 6.07) is 0. The van der Waals surface area contributed by atoms with E-state index in [-0.39, 0.29) is 0 Å². The number of hydrogen-bond donors (Lipinski definition) is 1. The first kappa shape index (κ1) is 11.6. The standard InChI is InChI=1S/C10H16N2O3/c1-7-8(6-12-15-7)5-11-9(13)14-10(2,3)4/h6H,5H2,1-4H3,(H,11,13). The Morgan fingerprint density at radius 1 is 1.60 bits per heavy atom. The number of alkyl carbamates (subject to hydrolysis) is 1. The second-order valence-electron chi connectivity index (χ2n) is 4.26. The third-order valence-electron chi connectivity index (χ3n) is 1.67. The van der Waals surface area contributed by atoms with Gasteiger partial charge in [0.25, 0.3) is 0 Å². The highest BCUT2D eigenvalue weighted by Gasteiger charge is 2.16. The van der Waals surface area contributed by atoms with Crippen molar-refractivity contribution in [3.05, 3.63) is 17.5 Å². The molecule has 0 aliphatic heterocycles. The molecule has 0 bridgehead atoms. The molecule has 15 heavy (non-hydrogen) atoms. The van der Waals surface area contributed by atoms with Crippen molar-refractivity contribution in [3.63, 3.8) is 0 Å². The van der Waals surface area contributed by atoms with E-state index in [0.29, 0.717) is 12.3 Å². The number of nitrogens with zero attached hydrogens (tertiary/aromatic N) is 1. The third-order valence-corrected chi connectivity index (χ3v) is 1.67. The smallest absolute Gasteiger partial charge is 0.407 e. The minimum atomic E-state index is -0.478. The monoisotopic (exact) mass is 212 g/mol. The van der Waals surface area contributed by atoms with E-state index in [1.165, 1.54) is 0 Å². The number of aromatic nitrogens is 1. The van der Waals surface area contributed by atoms with Crippen LogP contribution in [0.15, 0.2) is 10.7 Å². The summed E-state index contributed by atoms with van der Waals surface area (Å²) in [4.78, 5) is 11.3. The number of amides is 1. The molecule has 1 aromatic heterocycles. The molecule has 1 aromatic rings. The number of carbonyl (C=O) groups is 1. The van der Waals surface area contributed by atoms with Crippen LogP contribution in [0.25, 0.3) is 0 Å². The van der Waals surface area contributed by atoms with E-state index in [1.807, 2.05) is 20.8 Å².